The van der Waals surface area contributed by atoms with E-state index in [0.29, 0.717) is 12.0 Å². The van der Waals surface area contributed by atoms with Crippen LogP contribution in [0.2, 0.25) is 0 Å². The number of rotatable bonds is 6. The molecule has 4 bridgehead atoms. The molecule has 1 N–H and O–H groups in total. The second kappa shape index (κ2) is 5.98. The second-order valence-electron chi connectivity index (χ2n) is 10.2. The van der Waals surface area contributed by atoms with Crippen LogP contribution in [-0.2, 0) is 4.79 Å². The molecule has 0 spiro atoms. The van der Waals surface area contributed by atoms with E-state index in [-0.39, 0.29) is 16.7 Å². The van der Waals surface area contributed by atoms with E-state index in [1.165, 1.54) is 70.0 Å². The monoisotopic (exact) mass is 386 g/mol. The van der Waals surface area contributed by atoms with Gasteiger partial charge < -0.3 is 9.88 Å². The van der Waals surface area contributed by atoms with E-state index in [2.05, 4.69) is 20.1 Å². The summed E-state index contributed by atoms with van der Waals surface area (Å²) in [6.45, 7) is 2.04. The van der Waals surface area contributed by atoms with E-state index in [9.17, 15) is 4.79 Å². The predicted octanol–water partition coefficient (Wildman–Crippen LogP) is 4.06. The molecule has 1 atom stereocenters. The van der Waals surface area contributed by atoms with Crippen LogP contribution >= 0.6 is 11.8 Å². The Morgan fingerprint density at radius 2 is 1.70 bits per heavy atom. The molecule has 1 aromatic rings. The van der Waals surface area contributed by atoms with Gasteiger partial charge in [-0.2, -0.15) is 0 Å². The number of carbonyl (C=O) groups is 1. The van der Waals surface area contributed by atoms with Crippen molar-refractivity contribution in [1.29, 1.82) is 0 Å². The molecule has 0 saturated heterocycles. The summed E-state index contributed by atoms with van der Waals surface area (Å²) in [4.78, 5) is 13.1. The molecule has 6 aliphatic carbocycles. The lowest BCUT2D eigenvalue weighted by Crippen LogP contribution is -2.60. The summed E-state index contributed by atoms with van der Waals surface area (Å²) in [5, 5.41) is 13.4. The third-order valence-electron chi connectivity index (χ3n) is 7.62. The fourth-order valence-corrected chi connectivity index (χ4v) is 7.43. The highest BCUT2D eigenvalue weighted by Crippen LogP contribution is 2.55. The molecule has 146 valence electrons. The number of aromatic nitrogens is 3. The third kappa shape index (κ3) is 3.02. The molecule has 0 radical (unpaired) electrons. The number of hydrogen-bond acceptors (Lipinski definition) is 4. The van der Waals surface area contributed by atoms with Gasteiger partial charge in [0.05, 0.1) is 5.25 Å². The van der Waals surface area contributed by atoms with Crippen LogP contribution < -0.4 is 5.32 Å². The quantitative estimate of drug-likeness (QED) is 0.749. The first kappa shape index (κ1) is 16.9. The smallest absolute Gasteiger partial charge is 0.233 e. The maximum absolute atomic E-state index is 13.1. The molecule has 6 saturated carbocycles. The van der Waals surface area contributed by atoms with Gasteiger partial charge in [0, 0.05) is 17.5 Å². The van der Waals surface area contributed by atoms with Gasteiger partial charge in [0.2, 0.25) is 5.91 Å². The van der Waals surface area contributed by atoms with E-state index < -0.39 is 0 Å². The molecule has 0 aliphatic heterocycles. The van der Waals surface area contributed by atoms with Crippen LogP contribution in [0.3, 0.4) is 0 Å². The molecular formula is C21H30N4OS. The zero-order valence-corrected chi connectivity index (χ0v) is 17.0. The average Bonchev–Trinajstić information content (AvgIpc) is 3.52. The van der Waals surface area contributed by atoms with Crippen LogP contribution in [0.4, 0.5) is 0 Å². The molecule has 1 unspecified atom stereocenters. The summed E-state index contributed by atoms with van der Waals surface area (Å²) in [5.74, 6) is 4.58. The lowest BCUT2D eigenvalue weighted by atomic mass is 9.53. The van der Waals surface area contributed by atoms with Gasteiger partial charge in [-0.05, 0) is 88.9 Å². The van der Waals surface area contributed by atoms with Crippen LogP contribution in [-0.4, -0.2) is 31.5 Å². The van der Waals surface area contributed by atoms with Crippen molar-refractivity contribution >= 4 is 17.7 Å². The number of carbonyl (C=O) groups excluding carboxylic acids is 1. The van der Waals surface area contributed by atoms with Crippen molar-refractivity contribution in [3.63, 3.8) is 0 Å². The number of nitrogens with zero attached hydrogens (tertiary/aromatic N) is 3. The Balaban J connectivity index is 1.16. The van der Waals surface area contributed by atoms with Gasteiger partial charge in [-0.1, -0.05) is 11.8 Å². The van der Waals surface area contributed by atoms with Crippen LogP contribution in [0.15, 0.2) is 5.16 Å². The first-order valence-electron chi connectivity index (χ1n) is 11.0. The van der Waals surface area contributed by atoms with Crippen molar-refractivity contribution in [3.05, 3.63) is 5.82 Å². The first-order chi connectivity index (χ1) is 13.1. The highest BCUT2D eigenvalue weighted by Gasteiger charge is 2.51. The Morgan fingerprint density at radius 1 is 1.07 bits per heavy atom. The summed E-state index contributed by atoms with van der Waals surface area (Å²) >= 11 is 1.62. The lowest BCUT2D eigenvalue weighted by molar-refractivity contribution is -0.126. The zero-order valence-electron chi connectivity index (χ0n) is 16.2. The maximum Gasteiger partial charge on any atom is 0.233 e. The van der Waals surface area contributed by atoms with Crippen LogP contribution in [0.1, 0.15) is 88.9 Å². The Kier molecular flexibility index (Phi) is 3.74. The number of nitrogens with one attached hydrogen (secondary N) is 1. The average molecular weight is 387 g/mol. The second-order valence-corrected chi connectivity index (χ2v) is 11.5. The van der Waals surface area contributed by atoms with Crippen LogP contribution in [0.5, 0.6) is 0 Å². The Morgan fingerprint density at radius 3 is 2.26 bits per heavy atom. The van der Waals surface area contributed by atoms with Crippen molar-refractivity contribution in [2.24, 2.45) is 17.8 Å². The van der Waals surface area contributed by atoms with Gasteiger partial charge in [0.25, 0.3) is 0 Å². The zero-order chi connectivity index (χ0) is 18.2. The van der Waals surface area contributed by atoms with E-state index in [1.807, 2.05) is 6.92 Å². The fourth-order valence-electron chi connectivity index (χ4n) is 6.50. The Hall–Kier alpha value is -1.04. The molecule has 6 heteroatoms. The minimum absolute atomic E-state index is 0.101. The standard InChI is InChI=1S/C21H30N4OS/c1-12(27-20-24-23-18(16-2-3-16)25(20)17-4-5-17)19(26)22-21-9-13-6-14(10-21)8-15(7-13)11-21/h12-17H,2-11H2,1H3,(H,22,26). The number of amides is 1. The van der Waals surface area contributed by atoms with Gasteiger partial charge in [-0.15, -0.1) is 10.2 Å². The van der Waals surface area contributed by atoms with Gasteiger partial charge >= 0.3 is 0 Å². The SMILES string of the molecule is CC(Sc1nnc(C2CC2)n1C1CC1)C(=O)NC12CC3CC(CC(C3)C1)C2. The third-order valence-corrected chi connectivity index (χ3v) is 8.68. The molecule has 7 rings (SSSR count). The molecule has 0 aromatic carbocycles. The minimum atomic E-state index is -0.105. The largest absolute Gasteiger partial charge is 0.350 e. The molecule has 1 aromatic heterocycles. The maximum atomic E-state index is 13.1. The summed E-state index contributed by atoms with van der Waals surface area (Å²) in [6.07, 6.45) is 12.8. The minimum Gasteiger partial charge on any atom is -0.350 e. The highest BCUT2D eigenvalue weighted by atomic mass is 32.2. The van der Waals surface area contributed by atoms with Crippen molar-refractivity contribution in [3.8, 4) is 0 Å². The normalized spacial score (nSPS) is 38.2. The van der Waals surface area contributed by atoms with Gasteiger partial charge in [0.15, 0.2) is 5.16 Å². The van der Waals surface area contributed by atoms with Crippen LogP contribution in [0, 0.1) is 17.8 Å². The Bertz CT molecular complexity index is 731. The highest BCUT2D eigenvalue weighted by molar-refractivity contribution is 8.00. The lowest BCUT2D eigenvalue weighted by Gasteiger charge is -2.57. The van der Waals surface area contributed by atoms with Gasteiger partial charge in [0.1, 0.15) is 5.82 Å². The van der Waals surface area contributed by atoms with Gasteiger partial charge in [-0.3, -0.25) is 4.79 Å². The molecule has 27 heavy (non-hydrogen) atoms. The van der Waals surface area contributed by atoms with Crippen molar-refractivity contribution in [1.82, 2.24) is 20.1 Å². The van der Waals surface area contributed by atoms with E-state index in [4.69, 9.17) is 0 Å². The topological polar surface area (TPSA) is 59.8 Å². The summed E-state index contributed by atoms with van der Waals surface area (Å²) in [7, 11) is 0. The van der Waals surface area contributed by atoms with E-state index >= 15 is 0 Å². The molecule has 5 nitrogen and oxygen atoms in total. The predicted molar refractivity (Wildman–Crippen MR) is 105 cm³/mol. The van der Waals surface area contributed by atoms with Crippen LogP contribution in [0.25, 0.3) is 0 Å². The van der Waals surface area contributed by atoms with Crippen molar-refractivity contribution in [2.45, 2.75) is 99.0 Å². The van der Waals surface area contributed by atoms with Crippen molar-refractivity contribution in [2.75, 3.05) is 0 Å². The van der Waals surface area contributed by atoms with E-state index in [1.54, 1.807) is 11.8 Å². The molecule has 1 amide bonds. The van der Waals surface area contributed by atoms with Crippen molar-refractivity contribution < 1.29 is 4.79 Å². The molecule has 1 heterocycles. The first-order valence-corrected chi connectivity index (χ1v) is 11.9. The molecular weight excluding hydrogens is 356 g/mol. The van der Waals surface area contributed by atoms with E-state index in [0.717, 1.165) is 22.9 Å². The summed E-state index contributed by atoms with van der Waals surface area (Å²) in [6, 6.07) is 0.580. The summed E-state index contributed by atoms with van der Waals surface area (Å²) in [5.41, 5.74) is 0.101. The summed E-state index contributed by atoms with van der Waals surface area (Å²) < 4.78 is 2.36. The molecule has 6 aliphatic rings. The van der Waals surface area contributed by atoms with Gasteiger partial charge in [-0.25, -0.2) is 0 Å². The number of hydrogen-bond donors (Lipinski definition) is 1. The Labute approximate surface area is 165 Å². The fraction of sp³-hybridized carbons (Fsp3) is 0.857. The molecule has 6 fully saturated rings. The number of thioether (sulfide) groups is 1.